The molecule has 2 unspecified atom stereocenters. The molecule has 0 aliphatic carbocycles. The Morgan fingerprint density at radius 3 is 2.57 bits per heavy atom. The SMILES string of the molecule is CNC(CN1CC(C)CC1=O)C(C)C. The first-order chi connectivity index (χ1) is 6.54. The van der Waals surface area contributed by atoms with Crippen LogP contribution in [-0.4, -0.2) is 37.0 Å². The summed E-state index contributed by atoms with van der Waals surface area (Å²) in [6.45, 7) is 8.30. The summed E-state index contributed by atoms with van der Waals surface area (Å²) < 4.78 is 0. The van der Waals surface area contributed by atoms with Gasteiger partial charge < -0.3 is 10.2 Å². The van der Waals surface area contributed by atoms with Crippen LogP contribution in [0.1, 0.15) is 27.2 Å². The zero-order valence-electron chi connectivity index (χ0n) is 9.71. The normalized spacial score (nSPS) is 24.8. The van der Waals surface area contributed by atoms with Gasteiger partial charge in [0.05, 0.1) is 0 Å². The van der Waals surface area contributed by atoms with E-state index in [1.54, 1.807) is 0 Å². The molecule has 0 spiro atoms. The minimum Gasteiger partial charge on any atom is -0.341 e. The molecule has 1 fully saturated rings. The highest BCUT2D eigenvalue weighted by Crippen LogP contribution is 2.17. The van der Waals surface area contributed by atoms with Crippen LogP contribution in [-0.2, 0) is 4.79 Å². The van der Waals surface area contributed by atoms with Gasteiger partial charge in [-0.1, -0.05) is 20.8 Å². The third-order valence-electron chi connectivity index (χ3n) is 3.00. The van der Waals surface area contributed by atoms with Crippen molar-refractivity contribution < 1.29 is 4.79 Å². The van der Waals surface area contributed by atoms with E-state index in [1.165, 1.54) is 0 Å². The molecule has 0 aromatic carbocycles. The number of hydrogen-bond donors (Lipinski definition) is 1. The number of amides is 1. The summed E-state index contributed by atoms with van der Waals surface area (Å²) in [7, 11) is 1.97. The second-order valence-electron chi connectivity index (χ2n) is 4.75. The fourth-order valence-corrected chi connectivity index (χ4v) is 2.02. The van der Waals surface area contributed by atoms with Crippen LogP contribution >= 0.6 is 0 Å². The molecule has 0 saturated carbocycles. The summed E-state index contributed by atoms with van der Waals surface area (Å²) in [6, 6.07) is 0.421. The van der Waals surface area contributed by atoms with Crippen molar-refractivity contribution in [1.29, 1.82) is 0 Å². The van der Waals surface area contributed by atoms with Crippen molar-refractivity contribution in [1.82, 2.24) is 10.2 Å². The monoisotopic (exact) mass is 198 g/mol. The highest BCUT2D eigenvalue weighted by molar-refractivity contribution is 5.78. The molecule has 2 atom stereocenters. The fraction of sp³-hybridized carbons (Fsp3) is 0.909. The highest BCUT2D eigenvalue weighted by Gasteiger charge is 2.28. The second kappa shape index (κ2) is 4.78. The van der Waals surface area contributed by atoms with E-state index >= 15 is 0 Å². The van der Waals surface area contributed by atoms with Gasteiger partial charge in [0.1, 0.15) is 0 Å². The van der Waals surface area contributed by atoms with Crippen molar-refractivity contribution in [2.45, 2.75) is 33.2 Å². The smallest absolute Gasteiger partial charge is 0.222 e. The molecule has 1 aliphatic rings. The molecular formula is C11H22N2O. The van der Waals surface area contributed by atoms with Gasteiger partial charge in [-0.15, -0.1) is 0 Å². The number of nitrogens with one attached hydrogen (secondary N) is 1. The number of likely N-dealkylation sites (N-methyl/N-ethyl adjacent to an activating group) is 1. The lowest BCUT2D eigenvalue weighted by atomic mass is 10.0. The Kier molecular flexibility index (Phi) is 3.93. The minimum atomic E-state index is 0.318. The molecule has 0 aromatic heterocycles. The molecule has 1 N–H and O–H groups in total. The molecule has 1 saturated heterocycles. The second-order valence-corrected chi connectivity index (χ2v) is 4.75. The van der Waals surface area contributed by atoms with Crippen molar-refractivity contribution in [3.05, 3.63) is 0 Å². The van der Waals surface area contributed by atoms with Gasteiger partial charge in [-0.2, -0.15) is 0 Å². The standard InChI is InChI=1S/C11H22N2O/c1-8(2)10(12-4)7-13-6-9(3)5-11(13)14/h8-10,12H,5-7H2,1-4H3. The largest absolute Gasteiger partial charge is 0.341 e. The van der Waals surface area contributed by atoms with Crippen molar-refractivity contribution in [2.24, 2.45) is 11.8 Å². The Bertz CT molecular complexity index is 203. The van der Waals surface area contributed by atoms with Gasteiger partial charge >= 0.3 is 0 Å². The van der Waals surface area contributed by atoms with E-state index in [9.17, 15) is 4.79 Å². The van der Waals surface area contributed by atoms with E-state index in [1.807, 2.05) is 11.9 Å². The first-order valence-electron chi connectivity index (χ1n) is 5.49. The molecule has 82 valence electrons. The van der Waals surface area contributed by atoms with Crippen molar-refractivity contribution in [3.8, 4) is 0 Å². The summed E-state index contributed by atoms with van der Waals surface area (Å²) in [4.78, 5) is 13.5. The number of hydrogen-bond acceptors (Lipinski definition) is 2. The summed E-state index contributed by atoms with van der Waals surface area (Å²) >= 11 is 0. The maximum atomic E-state index is 11.6. The first kappa shape index (κ1) is 11.5. The Balaban J connectivity index is 2.46. The Morgan fingerprint density at radius 2 is 2.21 bits per heavy atom. The van der Waals surface area contributed by atoms with Crippen molar-refractivity contribution in [2.75, 3.05) is 20.1 Å². The lowest BCUT2D eigenvalue weighted by Gasteiger charge is -2.26. The van der Waals surface area contributed by atoms with Gasteiger partial charge in [0.2, 0.25) is 5.91 Å². The van der Waals surface area contributed by atoms with E-state index in [4.69, 9.17) is 0 Å². The van der Waals surface area contributed by atoms with E-state index in [0.717, 1.165) is 19.5 Å². The van der Waals surface area contributed by atoms with Gasteiger partial charge in [-0.05, 0) is 18.9 Å². The lowest BCUT2D eigenvalue weighted by molar-refractivity contribution is -0.128. The predicted molar refractivity (Wildman–Crippen MR) is 58.0 cm³/mol. The van der Waals surface area contributed by atoms with Crippen LogP contribution in [0.25, 0.3) is 0 Å². The molecular weight excluding hydrogens is 176 g/mol. The zero-order chi connectivity index (χ0) is 10.7. The van der Waals surface area contributed by atoms with Crippen LogP contribution in [0.4, 0.5) is 0 Å². The molecule has 1 rings (SSSR count). The lowest BCUT2D eigenvalue weighted by Crippen LogP contribution is -2.43. The van der Waals surface area contributed by atoms with Crippen molar-refractivity contribution in [3.63, 3.8) is 0 Å². The topological polar surface area (TPSA) is 32.3 Å². The van der Waals surface area contributed by atoms with Crippen LogP contribution < -0.4 is 5.32 Å². The average molecular weight is 198 g/mol. The van der Waals surface area contributed by atoms with Crippen LogP contribution in [0.5, 0.6) is 0 Å². The van der Waals surface area contributed by atoms with Crippen molar-refractivity contribution >= 4 is 5.91 Å². The Labute approximate surface area is 86.9 Å². The first-order valence-corrected chi connectivity index (χ1v) is 5.49. The number of carbonyl (C=O) groups is 1. The molecule has 0 bridgehead atoms. The number of rotatable bonds is 4. The van der Waals surface area contributed by atoms with Gasteiger partial charge in [-0.3, -0.25) is 4.79 Å². The zero-order valence-corrected chi connectivity index (χ0v) is 9.71. The molecule has 3 heteroatoms. The number of nitrogens with zero attached hydrogens (tertiary/aromatic N) is 1. The highest BCUT2D eigenvalue weighted by atomic mass is 16.2. The summed E-state index contributed by atoms with van der Waals surface area (Å²) in [5.74, 6) is 1.43. The fourth-order valence-electron chi connectivity index (χ4n) is 2.02. The van der Waals surface area contributed by atoms with Gasteiger partial charge in [0, 0.05) is 25.6 Å². The van der Waals surface area contributed by atoms with Crippen LogP contribution in [0.3, 0.4) is 0 Å². The Morgan fingerprint density at radius 1 is 1.57 bits per heavy atom. The predicted octanol–water partition coefficient (Wildman–Crippen LogP) is 1.10. The molecule has 1 heterocycles. The van der Waals surface area contributed by atoms with Gasteiger partial charge in [-0.25, -0.2) is 0 Å². The van der Waals surface area contributed by atoms with Gasteiger partial charge in [0.15, 0.2) is 0 Å². The molecule has 3 nitrogen and oxygen atoms in total. The third kappa shape index (κ3) is 2.71. The van der Waals surface area contributed by atoms with E-state index in [-0.39, 0.29) is 0 Å². The van der Waals surface area contributed by atoms with E-state index in [0.29, 0.717) is 23.8 Å². The van der Waals surface area contributed by atoms with Crippen LogP contribution in [0.2, 0.25) is 0 Å². The van der Waals surface area contributed by atoms with Crippen LogP contribution in [0.15, 0.2) is 0 Å². The molecule has 1 aliphatic heterocycles. The third-order valence-corrected chi connectivity index (χ3v) is 3.00. The maximum Gasteiger partial charge on any atom is 0.222 e. The molecule has 0 aromatic rings. The maximum absolute atomic E-state index is 11.6. The quantitative estimate of drug-likeness (QED) is 0.733. The summed E-state index contributed by atoms with van der Waals surface area (Å²) in [5.41, 5.74) is 0. The molecule has 1 amide bonds. The van der Waals surface area contributed by atoms with Crippen LogP contribution in [0, 0.1) is 11.8 Å². The summed E-state index contributed by atoms with van der Waals surface area (Å²) in [5, 5.41) is 3.27. The van der Waals surface area contributed by atoms with E-state index < -0.39 is 0 Å². The minimum absolute atomic E-state index is 0.318. The molecule has 14 heavy (non-hydrogen) atoms. The average Bonchev–Trinajstić information content (AvgIpc) is 2.40. The number of carbonyl (C=O) groups excluding carboxylic acids is 1. The van der Waals surface area contributed by atoms with E-state index in [2.05, 4.69) is 26.1 Å². The summed E-state index contributed by atoms with van der Waals surface area (Å²) in [6.07, 6.45) is 0.731. The Hall–Kier alpha value is -0.570. The molecule has 0 radical (unpaired) electrons. The van der Waals surface area contributed by atoms with Gasteiger partial charge in [0.25, 0.3) is 0 Å². The number of likely N-dealkylation sites (tertiary alicyclic amines) is 1.